The van der Waals surface area contributed by atoms with E-state index in [1.54, 1.807) is 0 Å². The molecule has 0 bridgehead atoms. The molecule has 0 amide bonds. The summed E-state index contributed by atoms with van der Waals surface area (Å²) in [5.41, 5.74) is 7.98. The second-order valence-corrected chi connectivity index (χ2v) is 6.22. The lowest BCUT2D eigenvalue weighted by molar-refractivity contribution is 0.156. The second kappa shape index (κ2) is 6.23. The molecule has 19 heavy (non-hydrogen) atoms. The van der Waals surface area contributed by atoms with Crippen molar-refractivity contribution < 1.29 is 0 Å². The highest BCUT2D eigenvalue weighted by molar-refractivity contribution is 6.20. The Morgan fingerprint density at radius 2 is 1.84 bits per heavy atom. The Balaban J connectivity index is 1.47. The SMILES string of the molecule is ClC1CC(C2CCN(Cc3ccccc3)CC2)NN1. The molecule has 104 valence electrons. The van der Waals surface area contributed by atoms with Gasteiger partial charge in [0.25, 0.3) is 0 Å². The number of nitrogens with zero attached hydrogens (tertiary/aromatic N) is 1. The minimum absolute atomic E-state index is 0.104. The third-order valence-corrected chi connectivity index (χ3v) is 4.62. The van der Waals surface area contributed by atoms with E-state index in [9.17, 15) is 0 Å². The van der Waals surface area contributed by atoms with E-state index < -0.39 is 0 Å². The number of halogens is 1. The van der Waals surface area contributed by atoms with Gasteiger partial charge in [-0.2, -0.15) is 0 Å². The van der Waals surface area contributed by atoms with E-state index in [0.29, 0.717) is 6.04 Å². The molecule has 2 unspecified atom stereocenters. The van der Waals surface area contributed by atoms with E-state index in [0.717, 1.165) is 18.9 Å². The summed E-state index contributed by atoms with van der Waals surface area (Å²) in [6.45, 7) is 3.48. The number of nitrogens with one attached hydrogen (secondary N) is 2. The maximum atomic E-state index is 6.08. The molecule has 2 heterocycles. The van der Waals surface area contributed by atoms with Crippen LogP contribution in [0.1, 0.15) is 24.8 Å². The van der Waals surface area contributed by atoms with Crippen LogP contribution in [-0.4, -0.2) is 29.5 Å². The van der Waals surface area contributed by atoms with Gasteiger partial charge in [0.1, 0.15) is 0 Å². The van der Waals surface area contributed by atoms with Crippen molar-refractivity contribution in [1.29, 1.82) is 0 Å². The Morgan fingerprint density at radius 3 is 2.47 bits per heavy atom. The van der Waals surface area contributed by atoms with Crippen LogP contribution >= 0.6 is 11.6 Å². The molecule has 0 radical (unpaired) electrons. The standard InChI is InChI=1S/C15H22ClN3/c16-15-10-14(17-18-15)13-6-8-19(9-7-13)11-12-4-2-1-3-5-12/h1-5,13-15,17-18H,6-11H2. The van der Waals surface area contributed by atoms with Crippen LogP contribution in [0.2, 0.25) is 0 Å². The number of likely N-dealkylation sites (tertiary alicyclic amines) is 1. The van der Waals surface area contributed by atoms with Crippen molar-refractivity contribution in [2.75, 3.05) is 13.1 Å². The zero-order valence-electron chi connectivity index (χ0n) is 11.2. The molecule has 2 N–H and O–H groups in total. The van der Waals surface area contributed by atoms with Gasteiger partial charge in [-0.15, -0.1) is 11.6 Å². The summed E-state index contributed by atoms with van der Waals surface area (Å²) in [5, 5.41) is 0. The molecule has 1 aromatic carbocycles. The summed E-state index contributed by atoms with van der Waals surface area (Å²) in [5.74, 6) is 0.767. The molecule has 4 heteroatoms. The van der Waals surface area contributed by atoms with Crippen LogP contribution in [-0.2, 0) is 6.54 Å². The molecule has 1 aromatic rings. The Bertz CT molecular complexity index is 390. The largest absolute Gasteiger partial charge is 0.299 e. The molecule has 2 saturated heterocycles. The van der Waals surface area contributed by atoms with Crippen molar-refractivity contribution in [2.24, 2.45) is 5.92 Å². The van der Waals surface area contributed by atoms with E-state index in [-0.39, 0.29) is 5.50 Å². The lowest BCUT2D eigenvalue weighted by Crippen LogP contribution is -2.42. The van der Waals surface area contributed by atoms with Gasteiger partial charge < -0.3 is 0 Å². The maximum absolute atomic E-state index is 6.08. The van der Waals surface area contributed by atoms with Gasteiger partial charge in [0.15, 0.2) is 0 Å². The predicted molar refractivity (Wildman–Crippen MR) is 78.8 cm³/mol. The smallest absolute Gasteiger partial charge is 0.0967 e. The van der Waals surface area contributed by atoms with Crippen molar-refractivity contribution in [3.05, 3.63) is 35.9 Å². The summed E-state index contributed by atoms with van der Waals surface area (Å²) in [7, 11) is 0. The Labute approximate surface area is 120 Å². The van der Waals surface area contributed by atoms with Gasteiger partial charge in [0, 0.05) is 12.6 Å². The highest BCUT2D eigenvalue weighted by Gasteiger charge is 2.31. The van der Waals surface area contributed by atoms with E-state index in [4.69, 9.17) is 11.6 Å². The lowest BCUT2D eigenvalue weighted by Gasteiger charge is -2.34. The molecule has 0 saturated carbocycles. The van der Waals surface area contributed by atoms with E-state index in [1.807, 2.05) is 0 Å². The summed E-state index contributed by atoms with van der Waals surface area (Å²) < 4.78 is 0. The average Bonchev–Trinajstić information content (AvgIpc) is 2.87. The van der Waals surface area contributed by atoms with Crippen LogP contribution in [0.4, 0.5) is 0 Å². The third-order valence-electron chi connectivity index (χ3n) is 4.34. The fourth-order valence-electron chi connectivity index (χ4n) is 3.20. The molecule has 3 nitrogen and oxygen atoms in total. The van der Waals surface area contributed by atoms with Crippen LogP contribution in [0.5, 0.6) is 0 Å². The van der Waals surface area contributed by atoms with Gasteiger partial charge in [0.2, 0.25) is 0 Å². The number of alkyl halides is 1. The predicted octanol–water partition coefficient (Wildman–Crippen LogP) is 2.33. The number of piperidine rings is 1. The molecular formula is C15H22ClN3. The van der Waals surface area contributed by atoms with E-state index >= 15 is 0 Å². The van der Waals surface area contributed by atoms with Crippen molar-refractivity contribution in [1.82, 2.24) is 15.8 Å². The molecule has 3 rings (SSSR count). The number of benzene rings is 1. The zero-order valence-corrected chi connectivity index (χ0v) is 11.9. The molecule has 2 aliphatic rings. The van der Waals surface area contributed by atoms with Crippen LogP contribution in [0.25, 0.3) is 0 Å². The first kappa shape index (κ1) is 13.4. The zero-order chi connectivity index (χ0) is 13.1. The first-order valence-corrected chi connectivity index (χ1v) is 7.66. The molecule has 0 spiro atoms. The average molecular weight is 280 g/mol. The number of hydrazine groups is 1. The Morgan fingerprint density at radius 1 is 1.11 bits per heavy atom. The Kier molecular flexibility index (Phi) is 4.38. The summed E-state index contributed by atoms with van der Waals surface area (Å²) in [4.78, 5) is 2.56. The normalized spacial score (nSPS) is 29.7. The first-order chi connectivity index (χ1) is 9.31. The molecule has 2 aliphatic heterocycles. The van der Waals surface area contributed by atoms with Gasteiger partial charge in [0.05, 0.1) is 5.50 Å². The molecular weight excluding hydrogens is 258 g/mol. The van der Waals surface area contributed by atoms with Gasteiger partial charge in [-0.25, -0.2) is 5.43 Å². The molecule has 2 fully saturated rings. The Hall–Kier alpha value is -0.610. The monoisotopic (exact) mass is 279 g/mol. The van der Waals surface area contributed by atoms with Crippen molar-refractivity contribution in [2.45, 2.75) is 37.4 Å². The fourth-order valence-corrected chi connectivity index (χ4v) is 3.46. The lowest BCUT2D eigenvalue weighted by atomic mass is 9.88. The van der Waals surface area contributed by atoms with Gasteiger partial charge in [-0.3, -0.25) is 10.3 Å². The van der Waals surface area contributed by atoms with E-state index in [2.05, 4.69) is 46.1 Å². The summed E-state index contributed by atoms with van der Waals surface area (Å²) >= 11 is 6.08. The van der Waals surface area contributed by atoms with Crippen molar-refractivity contribution >= 4 is 11.6 Å². The first-order valence-electron chi connectivity index (χ1n) is 7.22. The second-order valence-electron chi connectivity index (χ2n) is 5.70. The quantitative estimate of drug-likeness (QED) is 0.657. The van der Waals surface area contributed by atoms with Crippen molar-refractivity contribution in [3.63, 3.8) is 0 Å². The van der Waals surface area contributed by atoms with Crippen LogP contribution in [0.3, 0.4) is 0 Å². The number of hydrogen-bond acceptors (Lipinski definition) is 3. The van der Waals surface area contributed by atoms with Crippen LogP contribution in [0.15, 0.2) is 30.3 Å². The molecule has 2 atom stereocenters. The molecule has 0 aliphatic carbocycles. The highest BCUT2D eigenvalue weighted by atomic mass is 35.5. The van der Waals surface area contributed by atoms with Crippen LogP contribution in [0, 0.1) is 5.92 Å². The van der Waals surface area contributed by atoms with E-state index in [1.165, 1.54) is 31.5 Å². The van der Waals surface area contributed by atoms with Crippen LogP contribution < -0.4 is 10.9 Å². The minimum atomic E-state index is 0.104. The third kappa shape index (κ3) is 3.48. The minimum Gasteiger partial charge on any atom is -0.299 e. The number of hydrogen-bond donors (Lipinski definition) is 2. The number of rotatable bonds is 3. The van der Waals surface area contributed by atoms with Gasteiger partial charge in [-0.1, -0.05) is 30.3 Å². The van der Waals surface area contributed by atoms with Crippen molar-refractivity contribution in [3.8, 4) is 0 Å². The summed E-state index contributed by atoms with van der Waals surface area (Å²) in [6, 6.07) is 11.3. The molecule has 0 aromatic heterocycles. The summed E-state index contributed by atoms with van der Waals surface area (Å²) in [6.07, 6.45) is 3.59. The topological polar surface area (TPSA) is 27.3 Å². The van der Waals surface area contributed by atoms with Gasteiger partial charge >= 0.3 is 0 Å². The fraction of sp³-hybridized carbons (Fsp3) is 0.600. The van der Waals surface area contributed by atoms with Gasteiger partial charge in [-0.05, 0) is 43.8 Å². The maximum Gasteiger partial charge on any atom is 0.0967 e. The highest BCUT2D eigenvalue weighted by Crippen LogP contribution is 2.26.